The second kappa shape index (κ2) is 4.31. The van der Waals surface area contributed by atoms with Gasteiger partial charge in [0.2, 0.25) is 0 Å². The number of fused-ring (bicyclic) bond motifs is 1. The molecule has 90 valence electrons. The third-order valence-corrected chi connectivity index (χ3v) is 3.01. The van der Waals surface area contributed by atoms with E-state index in [0.717, 1.165) is 5.56 Å². The summed E-state index contributed by atoms with van der Waals surface area (Å²) in [6, 6.07) is 12.4. The number of aromatic nitrogens is 1. The number of nitrogens with one attached hydrogen (secondary N) is 2. The van der Waals surface area contributed by atoms with Gasteiger partial charge in [-0.25, -0.2) is 4.98 Å². The van der Waals surface area contributed by atoms with E-state index in [2.05, 4.69) is 15.6 Å². The van der Waals surface area contributed by atoms with Gasteiger partial charge in [-0.1, -0.05) is 41.9 Å². The zero-order chi connectivity index (χ0) is 12.5. The molecule has 1 aromatic heterocycles. The van der Waals surface area contributed by atoms with E-state index in [9.17, 15) is 4.79 Å². The predicted molar refractivity (Wildman–Crippen MR) is 70.7 cm³/mol. The van der Waals surface area contributed by atoms with Crippen molar-refractivity contribution in [1.29, 1.82) is 0 Å². The van der Waals surface area contributed by atoms with Crippen LogP contribution in [0.4, 0.5) is 11.5 Å². The molecule has 0 aliphatic carbocycles. The summed E-state index contributed by atoms with van der Waals surface area (Å²) >= 11 is 5.84. The second-order valence-electron chi connectivity index (χ2n) is 4.01. The van der Waals surface area contributed by atoms with Gasteiger partial charge in [-0.2, -0.15) is 0 Å². The van der Waals surface area contributed by atoms with E-state index in [1.54, 1.807) is 12.1 Å². The minimum atomic E-state index is -0.440. The number of hydrogen-bond acceptors (Lipinski definition) is 3. The van der Waals surface area contributed by atoms with E-state index < -0.39 is 6.04 Å². The van der Waals surface area contributed by atoms with Gasteiger partial charge >= 0.3 is 0 Å². The van der Waals surface area contributed by atoms with Crippen LogP contribution in [0.3, 0.4) is 0 Å². The first-order chi connectivity index (χ1) is 8.74. The third kappa shape index (κ3) is 1.91. The Morgan fingerprint density at radius 2 is 1.89 bits per heavy atom. The molecule has 0 spiro atoms. The molecule has 3 rings (SSSR count). The fourth-order valence-corrected chi connectivity index (χ4v) is 2.08. The van der Waals surface area contributed by atoms with Gasteiger partial charge in [-0.05, 0) is 17.7 Å². The van der Waals surface area contributed by atoms with Crippen LogP contribution in [-0.4, -0.2) is 10.9 Å². The molecule has 2 aromatic rings. The molecule has 0 radical (unpaired) electrons. The van der Waals surface area contributed by atoms with Crippen LogP contribution in [0.5, 0.6) is 0 Å². The number of anilines is 2. The molecule has 0 fully saturated rings. The monoisotopic (exact) mass is 259 g/mol. The van der Waals surface area contributed by atoms with E-state index >= 15 is 0 Å². The fraction of sp³-hybridized carbons (Fsp3) is 0.0769. The molecule has 0 saturated carbocycles. The Morgan fingerprint density at radius 1 is 1.11 bits per heavy atom. The van der Waals surface area contributed by atoms with Crippen LogP contribution < -0.4 is 10.6 Å². The molecule has 0 saturated heterocycles. The lowest BCUT2D eigenvalue weighted by atomic mass is 10.0. The minimum absolute atomic E-state index is 0.0992. The molecule has 1 aliphatic heterocycles. The highest BCUT2D eigenvalue weighted by Crippen LogP contribution is 2.31. The number of hydrogen-bond donors (Lipinski definition) is 2. The third-order valence-electron chi connectivity index (χ3n) is 2.80. The minimum Gasteiger partial charge on any atom is -0.353 e. The summed E-state index contributed by atoms with van der Waals surface area (Å²) in [5.41, 5.74) is 1.54. The average molecular weight is 260 g/mol. The van der Waals surface area contributed by atoms with E-state index in [1.165, 1.54) is 0 Å². The number of benzene rings is 1. The average Bonchev–Trinajstić information content (AvgIpc) is 2.39. The van der Waals surface area contributed by atoms with Gasteiger partial charge < -0.3 is 10.6 Å². The van der Waals surface area contributed by atoms with Gasteiger partial charge in [0.25, 0.3) is 5.91 Å². The van der Waals surface area contributed by atoms with Crippen molar-refractivity contribution >= 4 is 29.0 Å². The summed E-state index contributed by atoms with van der Waals surface area (Å²) in [5.74, 6) is 0.494. The summed E-state index contributed by atoms with van der Waals surface area (Å²) in [5, 5.41) is 6.30. The van der Waals surface area contributed by atoms with Crippen LogP contribution in [0.1, 0.15) is 11.6 Å². The zero-order valence-corrected chi connectivity index (χ0v) is 10.1. The molecule has 4 nitrogen and oxygen atoms in total. The van der Waals surface area contributed by atoms with Crippen molar-refractivity contribution in [3.05, 3.63) is 53.2 Å². The molecule has 1 unspecified atom stereocenters. The lowest BCUT2D eigenvalue weighted by Gasteiger charge is -2.26. The van der Waals surface area contributed by atoms with Crippen molar-refractivity contribution in [1.82, 2.24) is 4.98 Å². The number of nitrogens with zero attached hydrogens (tertiary/aromatic N) is 1. The van der Waals surface area contributed by atoms with E-state index in [0.29, 0.717) is 16.7 Å². The van der Waals surface area contributed by atoms with Gasteiger partial charge in [0.1, 0.15) is 11.2 Å². The molecule has 1 atom stereocenters. The molecule has 0 bridgehead atoms. The summed E-state index contributed by atoms with van der Waals surface area (Å²) in [7, 11) is 0. The Hall–Kier alpha value is -2.07. The Morgan fingerprint density at radius 3 is 2.67 bits per heavy atom. The number of carbonyl (C=O) groups excluding carboxylic acids is 1. The molecule has 1 amide bonds. The summed E-state index contributed by atoms with van der Waals surface area (Å²) in [6.07, 6.45) is 0. The molecule has 2 N–H and O–H groups in total. The first kappa shape index (κ1) is 11.0. The first-order valence-corrected chi connectivity index (χ1v) is 5.91. The quantitative estimate of drug-likeness (QED) is 0.775. The van der Waals surface area contributed by atoms with E-state index in [-0.39, 0.29) is 5.91 Å². The number of carbonyl (C=O) groups is 1. The molecule has 1 aromatic carbocycles. The topological polar surface area (TPSA) is 54.0 Å². The van der Waals surface area contributed by atoms with Crippen LogP contribution >= 0.6 is 11.6 Å². The second-order valence-corrected chi connectivity index (χ2v) is 4.39. The SMILES string of the molecule is O=C1Nc2ccc(Cl)nc2NC1c1ccccc1. The highest BCUT2D eigenvalue weighted by molar-refractivity contribution is 6.29. The Balaban J connectivity index is 1.99. The predicted octanol–water partition coefficient (Wildman–Crippen LogP) is 2.84. The Labute approximate surface area is 109 Å². The molecular formula is C13H10ClN3O. The zero-order valence-electron chi connectivity index (χ0n) is 9.35. The van der Waals surface area contributed by atoms with Crippen molar-refractivity contribution in [2.75, 3.05) is 10.6 Å². The van der Waals surface area contributed by atoms with Crippen LogP contribution in [0.25, 0.3) is 0 Å². The van der Waals surface area contributed by atoms with Gasteiger partial charge in [-0.3, -0.25) is 4.79 Å². The number of amides is 1. The van der Waals surface area contributed by atoms with Gasteiger partial charge in [0.15, 0.2) is 5.82 Å². The first-order valence-electron chi connectivity index (χ1n) is 5.53. The number of halogens is 1. The summed E-state index contributed by atoms with van der Waals surface area (Å²) in [4.78, 5) is 16.2. The summed E-state index contributed by atoms with van der Waals surface area (Å²) in [6.45, 7) is 0. The smallest absolute Gasteiger partial charge is 0.251 e. The lowest BCUT2D eigenvalue weighted by Crippen LogP contribution is -2.32. The highest BCUT2D eigenvalue weighted by Gasteiger charge is 2.27. The van der Waals surface area contributed by atoms with Crippen LogP contribution in [0.2, 0.25) is 5.15 Å². The van der Waals surface area contributed by atoms with Crippen LogP contribution in [0.15, 0.2) is 42.5 Å². The van der Waals surface area contributed by atoms with Crippen molar-refractivity contribution in [2.45, 2.75) is 6.04 Å². The number of rotatable bonds is 1. The highest BCUT2D eigenvalue weighted by atomic mass is 35.5. The standard InChI is InChI=1S/C13H10ClN3O/c14-10-7-6-9-12(16-10)17-11(13(18)15-9)8-4-2-1-3-5-8/h1-7,11H,(H,15,18)(H,16,17). The van der Waals surface area contributed by atoms with Crippen molar-refractivity contribution < 1.29 is 4.79 Å². The largest absolute Gasteiger partial charge is 0.353 e. The van der Waals surface area contributed by atoms with E-state index in [1.807, 2.05) is 30.3 Å². The molecule has 1 aliphatic rings. The van der Waals surface area contributed by atoms with Crippen molar-refractivity contribution in [2.24, 2.45) is 0 Å². The molecule has 5 heteroatoms. The maximum absolute atomic E-state index is 12.0. The Kier molecular flexibility index (Phi) is 2.64. The summed E-state index contributed by atoms with van der Waals surface area (Å²) < 4.78 is 0. The number of pyridine rings is 1. The van der Waals surface area contributed by atoms with Gasteiger partial charge in [0, 0.05) is 0 Å². The van der Waals surface area contributed by atoms with E-state index in [4.69, 9.17) is 11.6 Å². The lowest BCUT2D eigenvalue weighted by molar-refractivity contribution is -0.117. The molecule has 2 heterocycles. The van der Waals surface area contributed by atoms with Crippen molar-refractivity contribution in [3.8, 4) is 0 Å². The van der Waals surface area contributed by atoms with Gasteiger partial charge in [0.05, 0.1) is 5.69 Å². The normalized spacial score (nSPS) is 17.6. The fourth-order valence-electron chi connectivity index (χ4n) is 1.93. The van der Waals surface area contributed by atoms with Gasteiger partial charge in [-0.15, -0.1) is 0 Å². The maximum atomic E-state index is 12.0. The molecular weight excluding hydrogens is 250 g/mol. The van der Waals surface area contributed by atoms with Crippen LogP contribution in [0, 0.1) is 0 Å². The Bertz CT molecular complexity index is 600. The van der Waals surface area contributed by atoms with Crippen LogP contribution in [-0.2, 0) is 4.79 Å². The maximum Gasteiger partial charge on any atom is 0.251 e. The molecule has 18 heavy (non-hydrogen) atoms. The van der Waals surface area contributed by atoms with Crippen molar-refractivity contribution in [3.63, 3.8) is 0 Å².